The summed E-state index contributed by atoms with van der Waals surface area (Å²) < 4.78 is 13.0. The van der Waals surface area contributed by atoms with Gasteiger partial charge < -0.3 is 14.5 Å². The van der Waals surface area contributed by atoms with Crippen molar-refractivity contribution < 1.29 is 13.9 Å². The Bertz CT molecular complexity index is 1170. The van der Waals surface area contributed by atoms with Crippen molar-refractivity contribution >= 4 is 16.8 Å². The fraction of sp³-hybridized carbons (Fsp3) is 0.333. The van der Waals surface area contributed by atoms with Crippen LogP contribution in [-0.4, -0.2) is 39.5 Å². The average molecular weight is 434 g/mol. The zero-order chi connectivity index (χ0) is 22.2. The van der Waals surface area contributed by atoms with Gasteiger partial charge >= 0.3 is 0 Å². The smallest absolute Gasteiger partial charge is 0.220 e. The second-order valence-corrected chi connectivity index (χ2v) is 7.53. The molecule has 0 spiro atoms. The molecule has 0 atom stereocenters. The van der Waals surface area contributed by atoms with Gasteiger partial charge in [0.05, 0.1) is 18.8 Å². The highest BCUT2D eigenvalue weighted by Gasteiger charge is 2.10. The van der Waals surface area contributed by atoms with Crippen LogP contribution in [0.5, 0.6) is 5.75 Å². The number of methoxy groups -OCH3 is 1. The Morgan fingerprint density at radius 2 is 1.81 bits per heavy atom. The predicted molar refractivity (Wildman–Crippen MR) is 120 cm³/mol. The third kappa shape index (κ3) is 5.51. The third-order valence-corrected chi connectivity index (χ3v) is 5.30. The van der Waals surface area contributed by atoms with E-state index < -0.39 is 0 Å². The molecule has 0 aliphatic heterocycles. The first kappa shape index (κ1) is 21.5. The van der Waals surface area contributed by atoms with E-state index in [1.807, 2.05) is 53.3 Å². The van der Waals surface area contributed by atoms with Crippen LogP contribution in [0.4, 0.5) is 0 Å². The summed E-state index contributed by atoms with van der Waals surface area (Å²) in [4.78, 5) is 12.1. The van der Waals surface area contributed by atoms with Crippen molar-refractivity contribution in [3.63, 3.8) is 0 Å². The Morgan fingerprint density at radius 1 is 1.03 bits per heavy atom. The van der Waals surface area contributed by atoms with Gasteiger partial charge in [0.25, 0.3) is 0 Å². The number of hydrogen-bond acceptors (Lipinski definition) is 6. The van der Waals surface area contributed by atoms with Crippen LogP contribution in [0, 0.1) is 0 Å². The third-order valence-electron chi connectivity index (χ3n) is 5.30. The van der Waals surface area contributed by atoms with Crippen LogP contribution in [0.15, 0.2) is 59.1 Å². The van der Waals surface area contributed by atoms with Crippen molar-refractivity contribution in [2.75, 3.05) is 13.7 Å². The SMILES string of the molecule is COc1ccccc1CCc1nnc(CCC(=O)NCCCn2ncc3ccccc32)o1. The van der Waals surface area contributed by atoms with Gasteiger partial charge in [0.2, 0.25) is 17.7 Å². The highest BCUT2D eigenvalue weighted by Crippen LogP contribution is 2.19. The maximum Gasteiger partial charge on any atom is 0.220 e. The van der Waals surface area contributed by atoms with Gasteiger partial charge in [0.1, 0.15) is 5.75 Å². The molecule has 2 aromatic heterocycles. The van der Waals surface area contributed by atoms with Crippen molar-refractivity contribution in [2.24, 2.45) is 0 Å². The van der Waals surface area contributed by atoms with E-state index in [1.54, 1.807) is 7.11 Å². The molecule has 0 saturated heterocycles. The first-order valence-corrected chi connectivity index (χ1v) is 10.8. The Labute approximate surface area is 186 Å². The van der Waals surface area contributed by atoms with E-state index in [0.717, 1.165) is 41.6 Å². The van der Waals surface area contributed by atoms with Gasteiger partial charge in [-0.2, -0.15) is 5.10 Å². The number of nitrogens with one attached hydrogen (secondary N) is 1. The fourth-order valence-electron chi connectivity index (χ4n) is 3.61. The molecular formula is C24H27N5O3. The largest absolute Gasteiger partial charge is 0.496 e. The van der Waals surface area contributed by atoms with Gasteiger partial charge in [-0.15, -0.1) is 10.2 Å². The maximum absolute atomic E-state index is 12.1. The van der Waals surface area contributed by atoms with E-state index in [9.17, 15) is 4.79 Å². The molecular weight excluding hydrogens is 406 g/mol. The van der Waals surface area contributed by atoms with Crippen molar-refractivity contribution in [2.45, 2.75) is 38.6 Å². The number of para-hydroxylation sites is 2. The zero-order valence-electron chi connectivity index (χ0n) is 18.2. The molecule has 1 amide bonds. The van der Waals surface area contributed by atoms with Gasteiger partial charge in [0.15, 0.2) is 0 Å². The molecule has 0 fully saturated rings. The summed E-state index contributed by atoms with van der Waals surface area (Å²) in [6.07, 6.45) is 4.80. The standard InChI is InChI=1S/C24H27N5O3/c1-31-21-10-5-3-7-18(21)11-13-23-27-28-24(32-23)14-12-22(30)25-15-6-16-29-20-9-4-2-8-19(20)17-26-29/h2-5,7-10,17H,6,11-16H2,1H3,(H,25,30). The lowest BCUT2D eigenvalue weighted by atomic mass is 10.1. The van der Waals surface area contributed by atoms with Crippen LogP contribution in [0.25, 0.3) is 10.9 Å². The van der Waals surface area contributed by atoms with Crippen molar-refractivity contribution in [3.8, 4) is 5.75 Å². The summed E-state index contributed by atoms with van der Waals surface area (Å²) in [5.41, 5.74) is 2.20. The number of fused-ring (bicyclic) bond motifs is 1. The van der Waals surface area contributed by atoms with Crippen molar-refractivity contribution in [1.29, 1.82) is 0 Å². The normalized spacial score (nSPS) is 11.0. The molecule has 4 rings (SSSR count). The summed E-state index contributed by atoms with van der Waals surface area (Å²) in [5.74, 6) is 1.88. The Hall–Kier alpha value is -3.68. The molecule has 2 aromatic carbocycles. The van der Waals surface area contributed by atoms with Crippen molar-refractivity contribution in [1.82, 2.24) is 25.3 Å². The maximum atomic E-state index is 12.1. The minimum atomic E-state index is -0.0240. The highest BCUT2D eigenvalue weighted by molar-refractivity contribution is 5.78. The van der Waals surface area contributed by atoms with Crippen molar-refractivity contribution in [3.05, 3.63) is 72.1 Å². The lowest BCUT2D eigenvalue weighted by molar-refractivity contribution is -0.121. The van der Waals surface area contributed by atoms with E-state index in [1.165, 1.54) is 0 Å². The molecule has 8 nitrogen and oxygen atoms in total. The zero-order valence-corrected chi connectivity index (χ0v) is 18.2. The fourth-order valence-corrected chi connectivity index (χ4v) is 3.61. The van der Waals surface area contributed by atoms with Crippen LogP contribution in [0.2, 0.25) is 0 Å². The molecule has 0 aliphatic rings. The number of aromatic nitrogens is 4. The second kappa shape index (κ2) is 10.6. The molecule has 32 heavy (non-hydrogen) atoms. The molecule has 1 N–H and O–H groups in total. The minimum absolute atomic E-state index is 0.0240. The quantitative estimate of drug-likeness (QED) is 0.365. The van der Waals surface area contributed by atoms with E-state index >= 15 is 0 Å². The summed E-state index contributed by atoms with van der Waals surface area (Å²) in [7, 11) is 1.66. The first-order chi connectivity index (χ1) is 15.7. The molecule has 0 unspecified atom stereocenters. The number of carbonyl (C=O) groups is 1. The van der Waals surface area contributed by atoms with Crippen LogP contribution in [-0.2, 0) is 30.6 Å². The number of ether oxygens (including phenoxy) is 1. The van der Waals surface area contributed by atoms with E-state index in [0.29, 0.717) is 37.6 Å². The Balaban J connectivity index is 1.16. The summed E-state index contributed by atoms with van der Waals surface area (Å²) in [6, 6.07) is 16.0. The number of benzene rings is 2. The summed E-state index contributed by atoms with van der Waals surface area (Å²) >= 11 is 0. The van der Waals surface area contributed by atoms with Gasteiger partial charge in [-0.1, -0.05) is 36.4 Å². The van der Waals surface area contributed by atoms with Crippen LogP contribution in [0.1, 0.15) is 30.2 Å². The number of amides is 1. The molecule has 166 valence electrons. The molecule has 0 bridgehead atoms. The number of aryl methyl sites for hydroxylation is 4. The highest BCUT2D eigenvalue weighted by atomic mass is 16.5. The topological polar surface area (TPSA) is 95.1 Å². The monoisotopic (exact) mass is 433 g/mol. The van der Waals surface area contributed by atoms with Crippen LogP contribution >= 0.6 is 0 Å². The Morgan fingerprint density at radius 3 is 2.69 bits per heavy atom. The van der Waals surface area contributed by atoms with Crippen LogP contribution in [0.3, 0.4) is 0 Å². The predicted octanol–water partition coefficient (Wildman–Crippen LogP) is 3.35. The minimum Gasteiger partial charge on any atom is -0.496 e. The van der Waals surface area contributed by atoms with E-state index in [4.69, 9.17) is 9.15 Å². The number of nitrogens with zero attached hydrogens (tertiary/aromatic N) is 4. The van der Waals surface area contributed by atoms with Gasteiger partial charge in [-0.25, -0.2) is 0 Å². The van der Waals surface area contributed by atoms with E-state index in [-0.39, 0.29) is 5.91 Å². The number of carbonyl (C=O) groups excluding carboxylic acids is 1. The molecule has 0 aliphatic carbocycles. The summed E-state index contributed by atoms with van der Waals surface area (Å²) in [5, 5.41) is 16.6. The van der Waals surface area contributed by atoms with Gasteiger partial charge in [0, 0.05) is 37.7 Å². The molecule has 4 aromatic rings. The second-order valence-electron chi connectivity index (χ2n) is 7.53. The molecule has 0 saturated carbocycles. The lowest BCUT2D eigenvalue weighted by Crippen LogP contribution is -2.25. The molecule has 8 heteroatoms. The van der Waals surface area contributed by atoms with Crippen LogP contribution < -0.4 is 10.1 Å². The van der Waals surface area contributed by atoms with Gasteiger partial charge in [-0.3, -0.25) is 9.48 Å². The molecule has 0 radical (unpaired) electrons. The number of hydrogen-bond donors (Lipinski definition) is 1. The van der Waals surface area contributed by atoms with E-state index in [2.05, 4.69) is 26.7 Å². The number of rotatable bonds is 11. The summed E-state index contributed by atoms with van der Waals surface area (Å²) in [6.45, 7) is 1.36. The lowest BCUT2D eigenvalue weighted by Gasteiger charge is -2.06. The Kier molecular flexibility index (Phi) is 7.12. The first-order valence-electron chi connectivity index (χ1n) is 10.8. The molecule has 2 heterocycles. The average Bonchev–Trinajstić information content (AvgIpc) is 3.46. The van der Waals surface area contributed by atoms with Gasteiger partial charge in [-0.05, 0) is 30.5 Å².